The maximum atomic E-state index is 11.7. The number of likely N-dealkylation sites (N-methyl/N-ethyl adjacent to an activating group) is 1. The van der Waals surface area contributed by atoms with Gasteiger partial charge in [-0.2, -0.15) is 4.98 Å². The molecule has 0 radical (unpaired) electrons. The molecule has 1 saturated heterocycles. The Balaban J connectivity index is 1.97. The highest BCUT2D eigenvalue weighted by Crippen LogP contribution is 2.27. The lowest BCUT2D eigenvalue weighted by Crippen LogP contribution is -2.44. The topological polar surface area (TPSA) is 88.3 Å². The summed E-state index contributed by atoms with van der Waals surface area (Å²) in [6.07, 6.45) is 1.18. The lowest BCUT2D eigenvalue weighted by Gasteiger charge is -2.30. The molecule has 1 aliphatic heterocycles. The van der Waals surface area contributed by atoms with Gasteiger partial charge in [0.05, 0.1) is 10.9 Å². The molecule has 1 aliphatic rings. The molecule has 1 fully saturated rings. The standard InChI is InChI=1S/C15H20N4O3S/c1-10-4-5-11(23(3,20)21)8-12(10)15-17-14(18-22-15)13-9-16-6-7-19(13)2/h4-5,8,13,16H,6-7,9H2,1-3H3. The molecule has 2 heterocycles. The van der Waals surface area contributed by atoms with E-state index < -0.39 is 9.84 Å². The average Bonchev–Trinajstić information content (AvgIpc) is 2.96. The van der Waals surface area contributed by atoms with Crippen LogP contribution in [0, 0.1) is 6.92 Å². The Kier molecular flexibility index (Phi) is 4.22. The number of sulfone groups is 1. The van der Waals surface area contributed by atoms with Crippen LogP contribution >= 0.6 is 0 Å². The SMILES string of the molecule is Cc1ccc(S(C)(=O)=O)cc1-c1nc(C2CNCCN2C)no1. The number of piperazine rings is 1. The summed E-state index contributed by atoms with van der Waals surface area (Å²) in [5.41, 5.74) is 1.54. The van der Waals surface area contributed by atoms with Crippen molar-refractivity contribution in [3.05, 3.63) is 29.6 Å². The van der Waals surface area contributed by atoms with Gasteiger partial charge in [-0.1, -0.05) is 11.2 Å². The monoisotopic (exact) mass is 336 g/mol. The second-order valence-electron chi connectivity index (χ2n) is 5.91. The van der Waals surface area contributed by atoms with Crippen LogP contribution < -0.4 is 5.32 Å². The van der Waals surface area contributed by atoms with Crippen LogP contribution in [0.1, 0.15) is 17.4 Å². The summed E-state index contributed by atoms with van der Waals surface area (Å²) in [5.74, 6) is 0.959. The number of nitrogens with one attached hydrogen (secondary N) is 1. The Morgan fingerprint density at radius 2 is 2.17 bits per heavy atom. The van der Waals surface area contributed by atoms with Gasteiger partial charge in [0.1, 0.15) is 0 Å². The van der Waals surface area contributed by atoms with Crippen molar-refractivity contribution >= 4 is 9.84 Å². The summed E-state index contributed by atoms with van der Waals surface area (Å²) in [5, 5.41) is 7.39. The van der Waals surface area contributed by atoms with E-state index in [0.29, 0.717) is 17.3 Å². The zero-order valence-corrected chi connectivity index (χ0v) is 14.2. The van der Waals surface area contributed by atoms with E-state index in [1.54, 1.807) is 18.2 Å². The fourth-order valence-electron chi connectivity index (χ4n) is 2.64. The van der Waals surface area contributed by atoms with Crippen LogP contribution in [0.25, 0.3) is 11.5 Å². The molecule has 1 unspecified atom stereocenters. The van der Waals surface area contributed by atoms with E-state index in [9.17, 15) is 8.42 Å². The summed E-state index contributed by atoms with van der Waals surface area (Å²) in [7, 11) is -1.26. The quantitative estimate of drug-likeness (QED) is 0.895. The summed E-state index contributed by atoms with van der Waals surface area (Å²) in [6, 6.07) is 4.98. The molecule has 0 bridgehead atoms. The van der Waals surface area contributed by atoms with Gasteiger partial charge in [0.15, 0.2) is 15.7 Å². The van der Waals surface area contributed by atoms with Crippen LogP contribution in [0.15, 0.2) is 27.6 Å². The van der Waals surface area contributed by atoms with Gasteiger partial charge < -0.3 is 9.84 Å². The van der Waals surface area contributed by atoms with Crippen molar-refractivity contribution < 1.29 is 12.9 Å². The van der Waals surface area contributed by atoms with E-state index in [4.69, 9.17) is 4.52 Å². The van der Waals surface area contributed by atoms with Crippen LogP contribution in [0.3, 0.4) is 0 Å². The fourth-order valence-corrected chi connectivity index (χ4v) is 3.28. The summed E-state index contributed by atoms with van der Waals surface area (Å²) >= 11 is 0. The molecule has 8 heteroatoms. The molecule has 1 N–H and O–H groups in total. The molecule has 23 heavy (non-hydrogen) atoms. The van der Waals surface area contributed by atoms with E-state index >= 15 is 0 Å². The molecule has 124 valence electrons. The van der Waals surface area contributed by atoms with Crippen LogP contribution in [-0.2, 0) is 9.84 Å². The second kappa shape index (κ2) is 6.03. The number of aryl methyl sites for hydroxylation is 1. The van der Waals surface area contributed by atoms with Crippen LogP contribution in [0.5, 0.6) is 0 Å². The Labute approximate surface area is 135 Å². The van der Waals surface area contributed by atoms with Gasteiger partial charge in [-0.3, -0.25) is 4.90 Å². The van der Waals surface area contributed by atoms with E-state index in [-0.39, 0.29) is 10.9 Å². The third kappa shape index (κ3) is 3.29. The largest absolute Gasteiger partial charge is 0.334 e. The molecule has 2 aromatic rings. The van der Waals surface area contributed by atoms with Gasteiger partial charge in [-0.15, -0.1) is 0 Å². The molecule has 0 spiro atoms. The first-order valence-electron chi connectivity index (χ1n) is 7.42. The average molecular weight is 336 g/mol. The predicted octanol–water partition coefficient (Wildman–Crippen LogP) is 1.02. The second-order valence-corrected chi connectivity index (χ2v) is 7.92. The Morgan fingerprint density at radius 1 is 1.39 bits per heavy atom. The third-order valence-electron chi connectivity index (χ3n) is 4.12. The zero-order chi connectivity index (χ0) is 16.6. The lowest BCUT2D eigenvalue weighted by atomic mass is 10.1. The first-order valence-corrected chi connectivity index (χ1v) is 9.31. The van der Waals surface area contributed by atoms with E-state index in [0.717, 1.165) is 25.2 Å². The van der Waals surface area contributed by atoms with Crippen molar-refractivity contribution in [1.29, 1.82) is 0 Å². The van der Waals surface area contributed by atoms with Crippen molar-refractivity contribution in [2.45, 2.75) is 17.9 Å². The molecule has 1 atom stereocenters. The number of benzene rings is 1. The van der Waals surface area contributed by atoms with Gasteiger partial charge in [0.2, 0.25) is 0 Å². The Hall–Kier alpha value is -1.77. The molecular weight excluding hydrogens is 316 g/mol. The van der Waals surface area contributed by atoms with Crippen molar-refractivity contribution in [2.75, 3.05) is 32.9 Å². The molecule has 7 nitrogen and oxygen atoms in total. The van der Waals surface area contributed by atoms with E-state index in [1.165, 1.54) is 6.26 Å². The van der Waals surface area contributed by atoms with Crippen molar-refractivity contribution in [1.82, 2.24) is 20.4 Å². The van der Waals surface area contributed by atoms with Crippen molar-refractivity contribution in [2.24, 2.45) is 0 Å². The number of hydrogen-bond donors (Lipinski definition) is 1. The first-order chi connectivity index (χ1) is 10.9. The molecule has 0 aliphatic carbocycles. The highest BCUT2D eigenvalue weighted by atomic mass is 32.2. The lowest BCUT2D eigenvalue weighted by molar-refractivity contribution is 0.190. The minimum absolute atomic E-state index is 0.0552. The predicted molar refractivity (Wildman–Crippen MR) is 85.8 cm³/mol. The number of nitrogens with zero attached hydrogens (tertiary/aromatic N) is 3. The van der Waals surface area contributed by atoms with Crippen LogP contribution in [0.2, 0.25) is 0 Å². The van der Waals surface area contributed by atoms with Gasteiger partial charge in [-0.05, 0) is 31.7 Å². The highest BCUT2D eigenvalue weighted by molar-refractivity contribution is 7.90. The van der Waals surface area contributed by atoms with Crippen LogP contribution in [-0.4, -0.2) is 56.4 Å². The molecule has 1 aromatic carbocycles. The maximum Gasteiger partial charge on any atom is 0.258 e. The Morgan fingerprint density at radius 3 is 2.87 bits per heavy atom. The first kappa shape index (κ1) is 16.1. The fraction of sp³-hybridized carbons (Fsp3) is 0.467. The van der Waals surface area contributed by atoms with E-state index in [1.807, 2.05) is 14.0 Å². The number of rotatable bonds is 3. The molecule has 3 rings (SSSR count). The van der Waals surface area contributed by atoms with Gasteiger partial charge in [0, 0.05) is 31.5 Å². The van der Waals surface area contributed by atoms with Gasteiger partial charge in [-0.25, -0.2) is 8.42 Å². The number of aromatic nitrogens is 2. The maximum absolute atomic E-state index is 11.7. The number of hydrogen-bond acceptors (Lipinski definition) is 7. The zero-order valence-electron chi connectivity index (χ0n) is 13.4. The molecule has 0 saturated carbocycles. The summed E-state index contributed by atoms with van der Waals surface area (Å²) in [4.78, 5) is 6.90. The molecule has 0 amide bonds. The highest BCUT2D eigenvalue weighted by Gasteiger charge is 2.26. The molecular formula is C15H20N4O3S. The Bertz CT molecular complexity index is 816. The van der Waals surface area contributed by atoms with Crippen molar-refractivity contribution in [3.8, 4) is 11.5 Å². The van der Waals surface area contributed by atoms with E-state index in [2.05, 4.69) is 20.4 Å². The van der Waals surface area contributed by atoms with Crippen LogP contribution in [0.4, 0.5) is 0 Å². The van der Waals surface area contributed by atoms with Gasteiger partial charge in [0.25, 0.3) is 5.89 Å². The minimum Gasteiger partial charge on any atom is -0.334 e. The molecule has 1 aromatic heterocycles. The van der Waals surface area contributed by atoms with Gasteiger partial charge >= 0.3 is 0 Å². The summed E-state index contributed by atoms with van der Waals surface area (Å²) in [6.45, 7) is 4.50. The normalized spacial score (nSPS) is 19.9. The minimum atomic E-state index is -3.28. The van der Waals surface area contributed by atoms with Crippen molar-refractivity contribution in [3.63, 3.8) is 0 Å². The summed E-state index contributed by atoms with van der Waals surface area (Å²) < 4.78 is 28.9. The smallest absolute Gasteiger partial charge is 0.258 e. The third-order valence-corrected chi connectivity index (χ3v) is 5.23.